The smallest absolute Gasteiger partial charge is 0.0510 e. The second-order valence-electron chi connectivity index (χ2n) is 3.61. The molecule has 0 aromatic rings. The molecule has 0 saturated carbocycles. The predicted molar refractivity (Wildman–Crippen MR) is 43.3 cm³/mol. The lowest BCUT2D eigenvalue weighted by atomic mass is 10.0. The number of fused-ring (bicyclic) bond motifs is 1. The third kappa shape index (κ3) is 1.41. The van der Waals surface area contributed by atoms with Crippen LogP contribution in [0.25, 0.3) is 0 Å². The summed E-state index contributed by atoms with van der Waals surface area (Å²) in [4.78, 5) is 2.46. The molecule has 3 nitrogen and oxygen atoms in total. The molecular weight excluding hydrogens is 140 g/mol. The van der Waals surface area contributed by atoms with E-state index in [1.165, 1.54) is 13.1 Å². The number of nitrogens with zero attached hydrogens (tertiary/aromatic N) is 1. The Morgan fingerprint density at radius 1 is 1.27 bits per heavy atom. The molecule has 2 aliphatic heterocycles. The molecule has 0 amide bonds. The van der Waals surface area contributed by atoms with Gasteiger partial charge >= 0.3 is 0 Å². The number of hydrogen-bond donors (Lipinski definition) is 1. The zero-order valence-corrected chi connectivity index (χ0v) is 6.83. The summed E-state index contributed by atoms with van der Waals surface area (Å²) in [5.74, 6) is 1.61. The minimum Gasteiger partial charge on any atom is -0.381 e. The van der Waals surface area contributed by atoms with Crippen molar-refractivity contribution in [3.63, 3.8) is 0 Å². The first-order valence-electron chi connectivity index (χ1n) is 4.40. The third-order valence-corrected chi connectivity index (χ3v) is 2.76. The lowest BCUT2D eigenvalue weighted by Crippen LogP contribution is -2.28. The van der Waals surface area contributed by atoms with Gasteiger partial charge in [-0.15, -0.1) is 0 Å². The maximum atomic E-state index is 5.49. The van der Waals surface area contributed by atoms with Gasteiger partial charge in [-0.1, -0.05) is 0 Å². The zero-order valence-electron chi connectivity index (χ0n) is 6.83. The number of nitrogens with two attached hydrogens (primary N) is 1. The molecule has 2 fully saturated rings. The van der Waals surface area contributed by atoms with E-state index in [9.17, 15) is 0 Å². The molecule has 0 spiro atoms. The first-order chi connectivity index (χ1) is 5.40. The minimum atomic E-state index is 0.792. The largest absolute Gasteiger partial charge is 0.381 e. The quantitative estimate of drug-likeness (QED) is 0.587. The monoisotopic (exact) mass is 156 g/mol. The van der Waals surface area contributed by atoms with Crippen LogP contribution in [0.4, 0.5) is 0 Å². The van der Waals surface area contributed by atoms with Crippen molar-refractivity contribution in [2.75, 3.05) is 39.4 Å². The first-order valence-corrected chi connectivity index (χ1v) is 4.40. The highest BCUT2D eigenvalue weighted by atomic mass is 16.5. The van der Waals surface area contributed by atoms with Crippen LogP contribution >= 0.6 is 0 Å². The van der Waals surface area contributed by atoms with Gasteiger partial charge in [0.25, 0.3) is 0 Å². The van der Waals surface area contributed by atoms with Crippen LogP contribution in [0.15, 0.2) is 0 Å². The molecular formula is C8H16N2O. The Balaban J connectivity index is 1.84. The molecule has 64 valence electrons. The van der Waals surface area contributed by atoms with Crippen LogP contribution in [-0.2, 0) is 4.74 Å². The van der Waals surface area contributed by atoms with E-state index in [0.717, 1.165) is 38.1 Å². The SMILES string of the molecule is NCCN1C[C@@H]2COC[C@H]2C1. The van der Waals surface area contributed by atoms with Crippen molar-refractivity contribution in [1.29, 1.82) is 0 Å². The van der Waals surface area contributed by atoms with E-state index < -0.39 is 0 Å². The van der Waals surface area contributed by atoms with E-state index in [-0.39, 0.29) is 0 Å². The molecule has 0 aliphatic carbocycles. The van der Waals surface area contributed by atoms with Gasteiger partial charge in [-0.2, -0.15) is 0 Å². The average molecular weight is 156 g/mol. The van der Waals surface area contributed by atoms with Crippen molar-refractivity contribution >= 4 is 0 Å². The van der Waals surface area contributed by atoms with E-state index in [1.54, 1.807) is 0 Å². The van der Waals surface area contributed by atoms with Crippen molar-refractivity contribution in [2.45, 2.75) is 0 Å². The minimum absolute atomic E-state index is 0.792. The summed E-state index contributed by atoms with van der Waals surface area (Å²) in [6.45, 7) is 6.23. The fourth-order valence-electron chi connectivity index (χ4n) is 2.15. The lowest BCUT2D eigenvalue weighted by Gasteiger charge is -2.14. The van der Waals surface area contributed by atoms with Crippen LogP contribution < -0.4 is 5.73 Å². The van der Waals surface area contributed by atoms with Crippen molar-refractivity contribution in [2.24, 2.45) is 17.6 Å². The third-order valence-electron chi connectivity index (χ3n) is 2.76. The van der Waals surface area contributed by atoms with Crippen LogP contribution in [0.5, 0.6) is 0 Å². The summed E-state index contributed by atoms with van der Waals surface area (Å²) >= 11 is 0. The van der Waals surface area contributed by atoms with E-state index in [4.69, 9.17) is 10.5 Å². The van der Waals surface area contributed by atoms with Gasteiger partial charge in [-0.25, -0.2) is 0 Å². The van der Waals surface area contributed by atoms with E-state index in [2.05, 4.69) is 4.90 Å². The highest BCUT2D eigenvalue weighted by Crippen LogP contribution is 2.28. The Morgan fingerprint density at radius 3 is 2.45 bits per heavy atom. The summed E-state index contributed by atoms with van der Waals surface area (Å²) in [5.41, 5.74) is 5.49. The van der Waals surface area contributed by atoms with Crippen LogP contribution in [0, 0.1) is 11.8 Å². The maximum Gasteiger partial charge on any atom is 0.0510 e. The van der Waals surface area contributed by atoms with Crippen LogP contribution in [-0.4, -0.2) is 44.3 Å². The standard InChI is InChI=1S/C8H16N2O/c9-1-2-10-3-7-5-11-6-8(7)4-10/h7-8H,1-6,9H2/t7-,8-/m1/s1. The fourth-order valence-corrected chi connectivity index (χ4v) is 2.15. The maximum absolute atomic E-state index is 5.49. The molecule has 0 aromatic heterocycles. The van der Waals surface area contributed by atoms with Crippen LogP contribution in [0.1, 0.15) is 0 Å². The van der Waals surface area contributed by atoms with E-state index in [1.807, 2.05) is 0 Å². The molecule has 2 heterocycles. The molecule has 2 rings (SSSR count). The van der Waals surface area contributed by atoms with Crippen LogP contribution in [0.3, 0.4) is 0 Å². The zero-order chi connectivity index (χ0) is 7.68. The molecule has 3 heteroatoms. The molecule has 2 aliphatic rings. The normalized spacial score (nSPS) is 37.9. The Kier molecular flexibility index (Phi) is 2.11. The van der Waals surface area contributed by atoms with Crippen molar-refractivity contribution in [3.05, 3.63) is 0 Å². The molecule has 0 aromatic carbocycles. The predicted octanol–water partition coefficient (Wildman–Crippen LogP) is -0.477. The van der Waals surface area contributed by atoms with Gasteiger partial charge in [0.15, 0.2) is 0 Å². The van der Waals surface area contributed by atoms with Gasteiger partial charge in [0.05, 0.1) is 13.2 Å². The van der Waals surface area contributed by atoms with Gasteiger partial charge in [0.1, 0.15) is 0 Å². The Hall–Kier alpha value is -0.120. The molecule has 0 bridgehead atoms. The summed E-state index contributed by atoms with van der Waals surface area (Å²) in [6.07, 6.45) is 0. The number of likely N-dealkylation sites (tertiary alicyclic amines) is 1. The summed E-state index contributed by atoms with van der Waals surface area (Å²) < 4.78 is 5.38. The molecule has 0 unspecified atom stereocenters. The molecule has 2 N–H and O–H groups in total. The average Bonchev–Trinajstić information content (AvgIpc) is 2.46. The van der Waals surface area contributed by atoms with Crippen LogP contribution in [0.2, 0.25) is 0 Å². The second kappa shape index (κ2) is 3.09. The molecule has 2 atom stereocenters. The number of rotatable bonds is 2. The van der Waals surface area contributed by atoms with Gasteiger partial charge in [0, 0.05) is 38.0 Å². The lowest BCUT2D eigenvalue weighted by molar-refractivity contribution is 0.155. The van der Waals surface area contributed by atoms with Gasteiger partial charge in [-0.05, 0) is 0 Å². The van der Waals surface area contributed by atoms with Crippen molar-refractivity contribution in [3.8, 4) is 0 Å². The topological polar surface area (TPSA) is 38.5 Å². The molecule has 11 heavy (non-hydrogen) atoms. The summed E-state index contributed by atoms with van der Waals surface area (Å²) in [5, 5.41) is 0. The highest BCUT2D eigenvalue weighted by Gasteiger charge is 2.36. The molecule has 0 radical (unpaired) electrons. The van der Waals surface area contributed by atoms with Gasteiger partial charge < -0.3 is 15.4 Å². The van der Waals surface area contributed by atoms with Crippen molar-refractivity contribution < 1.29 is 4.74 Å². The Bertz CT molecular complexity index is 128. The summed E-state index contributed by atoms with van der Waals surface area (Å²) in [7, 11) is 0. The number of ether oxygens (including phenoxy) is 1. The second-order valence-corrected chi connectivity index (χ2v) is 3.61. The van der Waals surface area contributed by atoms with E-state index >= 15 is 0 Å². The first kappa shape index (κ1) is 7.53. The van der Waals surface area contributed by atoms with E-state index in [0.29, 0.717) is 0 Å². The number of hydrogen-bond acceptors (Lipinski definition) is 3. The highest BCUT2D eigenvalue weighted by molar-refractivity contribution is 4.87. The fraction of sp³-hybridized carbons (Fsp3) is 1.00. The Morgan fingerprint density at radius 2 is 1.91 bits per heavy atom. The molecule has 2 saturated heterocycles. The Labute approximate surface area is 67.5 Å². The summed E-state index contributed by atoms with van der Waals surface area (Å²) in [6, 6.07) is 0. The van der Waals surface area contributed by atoms with Gasteiger partial charge in [-0.3, -0.25) is 0 Å². The van der Waals surface area contributed by atoms with Gasteiger partial charge in [0.2, 0.25) is 0 Å². The van der Waals surface area contributed by atoms with Crippen molar-refractivity contribution in [1.82, 2.24) is 4.90 Å².